The second-order valence-electron chi connectivity index (χ2n) is 6.50. The molecule has 150 valence electrons. The zero-order valence-corrected chi connectivity index (χ0v) is 17.1. The molecule has 0 radical (unpaired) electrons. The zero-order valence-electron chi connectivity index (χ0n) is 16.3. The Bertz CT molecular complexity index is 1190. The largest absolute Gasteiger partial charge is 0.326 e. The predicted molar refractivity (Wildman–Crippen MR) is 117 cm³/mol. The Morgan fingerprint density at radius 3 is 2.53 bits per heavy atom. The normalized spacial score (nSPS) is 10.8. The number of carbonyl (C=O) groups excluding carboxylic acids is 2. The minimum absolute atomic E-state index is 0.0180. The first-order valence-electron chi connectivity index (χ1n) is 9.46. The lowest BCUT2D eigenvalue weighted by Crippen LogP contribution is -2.09. The van der Waals surface area contributed by atoms with Gasteiger partial charge in [0.1, 0.15) is 11.4 Å². The number of amides is 1. The topological polar surface area (TPSA) is 89.8 Å². The number of carbonyl (C=O) groups is 2. The van der Waals surface area contributed by atoms with E-state index in [9.17, 15) is 9.59 Å². The molecule has 30 heavy (non-hydrogen) atoms. The van der Waals surface area contributed by atoms with Crippen LogP contribution in [0, 0.1) is 0 Å². The number of nitrogens with one attached hydrogen (secondary N) is 1. The molecule has 0 fully saturated rings. The van der Waals surface area contributed by atoms with Gasteiger partial charge in [-0.3, -0.25) is 9.59 Å². The lowest BCUT2D eigenvalue weighted by atomic mass is 10.1. The van der Waals surface area contributed by atoms with Crippen molar-refractivity contribution in [2.75, 3.05) is 11.1 Å². The number of anilines is 1. The highest BCUT2D eigenvalue weighted by molar-refractivity contribution is 8.00. The number of hydrogen-bond donors (Lipinski definition) is 1. The third kappa shape index (κ3) is 4.23. The van der Waals surface area contributed by atoms with E-state index in [-0.39, 0.29) is 17.4 Å². The van der Waals surface area contributed by atoms with E-state index in [2.05, 4.69) is 20.4 Å². The number of hydrogen-bond acceptors (Lipinski definition) is 6. The van der Waals surface area contributed by atoms with Gasteiger partial charge in [-0.15, -0.1) is 0 Å². The number of nitrogens with zero attached hydrogens (tertiary/aromatic N) is 4. The molecule has 1 N–H and O–H groups in total. The van der Waals surface area contributed by atoms with Crippen molar-refractivity contribution < 1.29 is 9.59 Å². The number of aromatic nitrogens is 4. The molecule has 2 aromatic heterocycles. The lowest BCUT2D eigenvalue weighted by molar-refractivity contribution is -0.115. The van der Waals surface area contributed by atoms with Gasteiger partial charge >= 0.3 is 0 Å². The first-order valence-corrected chi connectivity index (χ1v) is 10.4. The van der Waals surface area contributed by atoms with Crippen LogP contribution < -0.4 is 5.32 Å². The fraction of sp³-hybridized carbons (Fsp3) is 0.136. The summed E-state index contributed by atoms with van der Waals surface area (Å²) in [5, 5.41) is 8.72. The highest BCUT2D eigenvalue weighted by Gasteiger charge is 2.14. The van der Waals surface area contributed by atoms with Crippen LogP contribution in [-0.4, -0.2) is 37.2 Å². The fourth-order valence-electron chi connectivity index (χ4n) is 2.90. The van der Waals surface area contributed by atoms with Crippen molar-refractivity contribution >= 4 is 40.2 Å². The van der Waals surface area contributed by atoms with Crippen LogP contribution in [0.1, 0.15) is 23.7 Å². The van der Waals surface area contributed by atoms with E-state index < -0.39 is 0 Å². The average Bonchev–Trinajstić information content (AvgIpc) is 3.23. The fourth-order valence-corrected chi connectivity index (χ4v) is 3.76. The second-order valence-corrected chi connectivity index (χ2v) is 7.46. The zero-order chi connectivity index (χ0) is 20.9. The van der Waals surface area contributed by atoms with Crippen molar-refractivity contribution in [1.29, 1.82) is 0 Å². The maximum atomic E-state index is 12.6. The van der Waals surface area contributed by atoms with Gasteiger partial charge in [0.2, 0.25) is 5.91 Å². The van der Waals surface area contributed by atoms with Crippen LogP contribution in [0.25, 0.3) is 16.7 Å². The molecule has 0 bridgehead atoms. The van der Waals surface area contributed by atoms with Crippen LogP contribution in [0.5, 0.6) is 0 Å². The van der Waals surface area contributed by atoms with Crippen LogP contribution in [0.2, 0.25) is 0 Å². The molecular weight excluding hydrogens is 398 g/mol. The Morgan fingerprint density at radius 2 is 1.80 bits per heavy atom. The molecule has 7 nitrogen and oxygen atoms in total. The smallest absolute Gasteiger partial charge is 0.224 e. The summed E-state index contributed by atoms with van der Waals surface area (Å²) < 4.78 is 1.76. The van der Waals surface area contributed by atoms with Gasteiger partial charge in [-0.05, 0) is 36.4 Å². The third-order valence-corrected chi connectivity index (χ3v) is 5.49. The van der Waals surface area contributed by atoms with E-state index in [0.29, 0.717) is 28.3 Å². The van der Waals surface area contributed by atoms with E-state index in [4.69, 9.17) is 0 Å². The van der Waals surface area contributed by atoms with E-state index in [1.807, 2.05) is 30.3 Å². The Morgan fingerprint density at radius 1 is 1.03 bits per heavy atom. The Kier molecular flexibility index (Phi) is 5.85. The summed E-state index contributed by atoms with van der Waals surface area (Å²) >= 11 is 1.36. The third-order valence-electron chi connectivity index (χ3n) is 4.48. The molecule has 4 aromatic rings. The van der Waals surface area contributed by atoms with Crippen molar-refractivity contribution in [3.63, 3.8) is 0 Å². The van der Waals surface area contributed by atoms with E-state index >= 15 is 0 Å². The number of thioether (sulfide) groups is 1. The molecule has 0 aliphatic heterocycles. The SMILES string of the molecule is CCC(=O)Nc1ccc(C(=O)CSc2ncnc3c2cnn3-c2ccccc2)cc1. The number of benzene rings is 2. The molecule has 0 unspecified atom stereocenters. The Hall–Kier alpha value is -3.52. The molecule has 2 aromatic carbocycles. The molecule has 4 rings (SSSR count). The second kappa shape index (κ2) is 8.87. The van der Waals surface area contributed by atoms with Gasteiger partial charge in [-0.2, -0.15) is 5.10 Å². The summed E-state index contributed by atoms with van der Waals surface area (Å²) in [5.74, 6) is 0.160. The van der Waals surface area contributed by atoms with Crippen LogP contribution >= 0.6 is 11.8 Å². The van der Waals surface area contributed by atoms with Crippen molar-refractivity contribution in [3.8, 4) is 5.69 Å². The van der Waals surface area contributed by atoms with Crippen molar-refractivity contribution in [3.05, 3.63) is 72.7 Å². The quantitative estimate of drug-likeness (QED) is 0.276. The molecular formula is C22H19N5O2S. The lowest BCUT2D eigenvalue weighted by Gasteiger charge is -2.06. The molecule has 0 aliphatic rings. The number of para-hydroxylation sites is 1. The summed E-state index contributed by atoms with van der Waals surface area (Å²) in [5.41, 5.74) is 2.87. The molecule has 0 saturated heterocycles. The summed E-state index contributed by atoms with van der Waals surface area (Å²) in [4.78, 5) is 32.8. The summed E-state index contributed by atoms with van der Waals surface area (Å²) in [7, 11) is 0. The molecule has 1 amide bonds. The average molecular weight is 417 g/mol. The standard InChI is InChI=1S/C22H19N5O2S/c1-2-20(29)26-16-10-8-15(9-11-16)19(28)13-30-22-18-12-25-27(21(18)23-14-24-22)17-6-4-3-5-7-17/h3-12,14H,2,13H2,1H3,(H,26,29). The van der Waals surface area contributed by atoms with Crippen molar-refractivity contribution in [2.24, 2.45) is 0 Å². The van der Waals surface area contributed by atoms with Crippen molar-refractivity contribution in [1.82, 2.24) is 19.7 Å². The molecule has 0 saturated carbocycles. The summed E-state index contributed by atoms with van der Waals surface area (Å²) in [6.45, 7) is 1.79. The van der Waals surface area contributed by atoms with Crippen LogP contribution in [0.4, 0.5) is 5.69 Å². The number of rotatable bonds is 7. The highest BCUT2D eigenvalue weighted by atomic mass is 32.2. The molecule has 8 heteroatoms. The summed E-state index contributed by atoms with van der Waals surface area (Å²) in [6, 6.07) is 16.6. The van der Waals surface area contributed by atoms with Gasteiger partial charge in [-0.1, -0.05) is 36.9 Å². The minimum Gasteiger partial charge on any atom is -0.326 e. The molecule has 0 aliphatic carbocycles. The Labute approximate surface area is 177 Å². The van der Waals surface area contributed by atoms with E-state index in [0.717, 1.165) is 11.1 Å². The number of fused-ring (bicyclic) bond motifs is 1. The van der Waals surface area contributed by atoms with Gasteiger partial charge < -0.3 is 5.32 Å². The van der Waals surface area contributed by atoms with E-state index in [1.54, 1.807) is 42.1 Å². The summed E-state index contributed by atoms with van der Waals surface area (Å²) in [6.07, 6.45) is 3.62. The maximum Gasteiger partial charge on any atom is 0.224 e. The van der Waals surface area contributed by atoms with Crippen LogP contribution in [0.3, 0.4) is 0 Å². The molecule has 0 atom stereocenters. The van der Waals surface area contributed by atoms with Gasteiger partial charge in [0.25, 0.3) is 0 Å². The van der Waals surface area contributed by atoms with Gasteiger partial charge in [-0.25, -0.2) is 14.6 Å². The van der Waals surface area contributed by atoms with Crippen LogP contribution in [-0.2, 0) is 4.79 Å². The van der Waals surface area contributed by atoms with Gasteiger partial charge in [0, 0.05) is 17.7 Å². The first-order chi connectivity index (χ1) is 14.7. The van der Waals surface area contributed by atoms with E-state index in [1.165, 1.54) is 18.1 Å². The predicted octanol–water partition coefficient (Wildman–Crippen LogP) is 4.14. The highest BCUT2D eigenvalue weighted by Crippen LogP contribution is 2.26. The minimum atomic E-state index is -0.0616. The van der Waals surface area contributed by atoms with Crippen LogP contribution in [0.15, 0.2) is 72.1 Å². The number of Topliss-reactive ketones (excluding diaryl/α,β-unsaturated/α-hetero) is 1. The number of ketones is 1. The van der Waals surface area contributed by atoms with Gasteiger partial charge in [0.05, 0.1) is 23.0 Å². The van der Waals surface area contributed by atoms with Gasteiger partial charge in [0.15, 0.2) is 11.4 Å². The molecule has 0 spiro atoms. The maximum absolute atomic E-state index is 12.6. The first kappa shape index (κ1) is 19.8. The monoisotopic (exact) mass is 417 g/mol. The Balaban J connectivity index is 1.48. The van der Waals surface area contributed by atoms with Crippen molar-refractivity contribution in [2.45, 2.75) is 18.4 Å². The molecule has 2 heterocycles.